The molecule has 1 aromatic heterocycles. The van der Waals surface area contributed by atoms with E-state index in [1.165, 1.54) is 33.4 Å². The van der Waals surface area contributed by atoms with Gasteiger partial charge in [0, 0.05) is 38.6 Å². The number of hydrogen-bond acceptors (Lipinski definition) is 6. The number of benzene rings is 1. The van der Waals surface area contributed by atoms with E-state index in [0.29, 0.717) is 31.0 Å². The van der Waals surface area contributed by atoms with E-state index in [9.17, 15) is 13.2 Å². The lowest BCUT2D eigenvalue weighted by Gasteiger charge is -2.22. The summed E-state index contributed by atoms with van der Waals surface area (Å²) in [6.07, 6.45) is 7.00. The van der Waals surface area contributed by atoms with E-state index in [4.69, 9.17) is 9.47 Å². The van der Waals surface area contributed by atoms with Crippen LogP contribution in [-0.4, -0.2) is 57.9 Å². The molecule has 0 radical (unpaired) electrons. The first-order chi connectivity index (χ1) is 12.8. The van der Waals surface area contributed by atoms with E-state index >= 15 is 0 Å². The summed E-state index contributed by atoms with van der Waals surface area (Å²) in [6, 6.07) is 2.95. The van der Waals surface area contributed by atoms with Crippen LogP contribution in [0.5, 0.6) is 11.5 Å². The highest BCUT2D eigenvalue weighted by atomic mass is 32.2. The lowest BCUT2D eigenvalue weighted by Crippen LogP contribution is -2.30. The summed E-state index contributed by atoms with van der Waals surface area (Å²) in [6.45, 7) is 1.13. The van der Waals surface area contributed by atoms with Gasteiger partial charge in [-0.2, -0.15) is 0 Å². The number of nitrogens with one attached hydrogen (secondary N) is 1. The fourth-order valence-corrected chi connectivity index (χ4v) is 2.98. The van der Waals surface area contributed by atoms with Gasteiger partial charge >= 0.3 is 0 Å². The minimum Gasteiger partial charge on any atom is -0.493 e. The van der Waals surface area contributed by atoms with Crippen molar-refractivity contribution in [2.45, 2.75) is 13.0 Å². The number of nitrogens with zero attached hydrogens (tertiary/aromatic N) is 3. The van der Waals surface area contributed by atoms with Crippen LogP contribution in [0.25, 0.3) is 0 Å². The van der Waals surface area contributed by atoms with E-state index in [1.54, 1.807) is 12.5 Å². The van der Waals surface area contributed by atoms with Gasteiger partial charge < -0.3 is 19.4 Å². The summed E-state index contributed by atoms with van der Waals surface area (Å²) >= 11 is 0. The molecule has 0 aliphatic heterocycles. The second-order valence-corrected chi connectivity index (χ2v) is 7.88. The lowest BCUT2D eigenvalue weighted by atomic mass is 10.1. The number of imidazole rings is 1. The van der Waals surface area contributed by atoms with Crippen molar-refractivity contribution in [1.29, 1.82) is 0 Å². The quantitative estimate of drug-likeness (QED) is 0.637. The third-order valence-corrected chi connectivity index (χ3v) is 5.21. The molecule has 148 valence electrons. The van der Waals surface area contributed by atoms with Gasteiger partial charge in [0.25, 0.3) is 5.91 Å². The van der Waals surface area contributed by atoms with Gasteiger partial charge in [0.1, 0.15) is 0 Å². The molecular weight excluding hydrogens is 372 g/mol. The summed E-state index contributed by atoms with van der Waals surface area (Å²) in [4.78, 5) is 16.6. The smallest absolute Gasteiger partial charge is 0.253 e. The molecule has 0 saturated heterocycles. The zero-order valence-corrected chi connectivity index (χ0v) is 16.6. The summed E-state index contributed by atoms with van der Waals surface area (Å²) in [5.41, 5.74) is 0.394. The third kappa shape index (κ3) is 5.13. The average molecular weight is 396 g/mol. The number of sulfonamides is 1. The minimum absolute atomic E-state index is 0.184. The first kappa shape index (κ1) is 20.6. The van der Waals surface area contributed by atoms with Gasteiger partial charge in [0.2, 0.25) is 10.0 Å². The Balaban J connectivity index is 2.22. The molecule has 2 rings (SSSR count). The van der Waals surface area contributed by atoms with Crippen LogP contribution in [0.1, 0.15) is 16.8 Å². The van der Waals surface area contributed by atoms with E-state index in [-0.39, 0.29) is 11.3 Å². The number of aromatic nitrogens is 2. The second kappa shape index (κ2) is 8.76. The largest absolute Gasteiger partial charge is 0.493 e. The van der Waals surface area contributed by atoms with Crippen LogP contribution in [0.2, 0.25) is 0 Å². The van der Waals surface area contributed by atoms with Crippen molar-refractivity contribution in [2.75, 3.05) is 38.4 Å². The fraction of sp³-hybridized carbons (Fsp3) is 0.412. The molecule has 0 bridgehead atoms. The summed E-state index contributed by atoms with van der Waals surface area (Å²) < 4.78 is 37.3. The van der Waals surface area contributed by atoms with E-state index in [1.807, 2.05) is 10.8 Å². The van der Waals surface area contributed by atoms with Gasteiger partial charge in [-0.15, -0.1) is 0 Å². The first-order valence-corrected chi connectivity index (χ1v) is 10.1. The Hall–Kier alpha value is -2.75. The highest BCUT2D eigenvalue weighted by Crippen LogP contribution is 2.35. The molecule has 0 unspecified atom stereocenters. The summed E-state index contributed by atoms with van der Waals surface area (Å²) in [7, 11) is 0.708. The molecule has 9 nitrogen and oxygen atoms in total. The number of rotatable bonds is 9. The zero-order chi connectivity index (χ0) is 20.0. The van der Waals surface area contributed by atoms with E-state index in [2.05, 4.69) is 10.3 Å². The number of ether oxygens (including phenoxy) is 2. The predicted molar refractivity (Wildman–Crippen MR) is 102 cm³/mol. The van der Waals surface area contributed by atoms with Crippen LogP contribution < -0.4 is 19.1 Å². The number of methoxy groups -OCH3 is 2. The molecule has 2 aromatic rings. The normalized spacial score (nSPS) is 11.1. The van der Waals surface area contributed by atoms with Gasteiger partial charge in [-0.3, -0.25) is 9.10 Å². The standard InChI is InChI=1S/C17H24N4O5S/c1-20(27(4,23)24)14-11-16(26-3)15(25-2)10-13(14)17(22)19-6-5-8-21-9-7-18-12-21/h7,9-12H,5-6,8H2,1-4H3,(H,19,22). The van der Waals surface area contributed by atoms with Gasteiger partial charge in [-0.05, 0) is 12.5 Å². The maximum atomic E-state index is 12.7. The number of amides is 1. The van der Waals surface area contributed by atoms with E-state index < -0.39 is 15.9 Å². The number of aryl methyl sites for hydroxylation is 1. The van der Waals surface area contributed by atoms with Crippen molar-refractivity contribution < 1.29 is 22.7 Å². The maximum absolute atomic E-state index is 12.7. The van der Waals surface area contributed by atoms with Crippen molar-refractivity contribution in [3.05, 3.63) is 36.4 Å². The van der Waals surface area contributed by atoms with Crippen LogP contribution in [0.15, 0.2) is 30.9 Å². The van der Waals surface area contributed by atoms with Crippen LogP contribution >= 0.6 is 0 Å². The van der Waals surface area contributed by atoms with Gasteiger partial charge in [-0.25, -0.2) is 13.4 Å². The Kier molecular flexibility index (Phi) is 6.67. The maximum Gasteiger partial charge on any atom is 0.253 e. The monoisotopic (exact) mass is 396 g/mol. The summed E-state index contributed by atoms with van der Waals surface area (Å²) in [5.74, 6) is 0.276. The molecule has 0 aliphatic rings. The molecule has 1 N–H and O–H groups in total. The Labute approximate surface area is 159 Å². The first-order valence-electron chi connectivity index (χ1n) is 8.21. The van der Waals surface area contributed by atoms with Gasteiger partial charge in [0.05, 0.1) is 38.1 Å². The number of hydrogen-bond donors (Lipinski definition) is 1. The Morgan fingerprint density at radius 2 is 1.93 bits per heavy atom. The molecule has 0 spiro atoms. The Morgan fingerprint density at radius 1 is 1.26 bits per heavy atom. The molecular formula is C17H24N4O5S. The molecule has 0 fully saturated rings. The van der Waals surface area contributed by atoms with Crippen molar-refractivity contribution in [2.24, 2.45) is 0 Å². The number of carbonyl (C=O) groups excluding carboxylic acids is 1. The zero-order valence-electron chi connectivity index (χ0n) is 15.8. The highest BCUT2D eigenvalue weighted by molar-refractivity contribution is 7.92. The Morgan fingerprint density at radius 3 is 2.48 bits per heavy atom. The Bertz CT molecular complexity index is 881. The van der Waals surface area contributed by atoms with Crippen LogP contribution in [-0.2, 0) is 16.6 Å². The molecule has 1 amide bonds. The van der Waals surface area contributed by atoms with Crippen molar-refractivity contribution >= 4 is 21.6 Å². The molecule has 0 aliphatic carbocycles. The molecule has 27 heavy (non-hydrogen) atoms. The minimum atomic E-state index is -3.56. The highest BCUT2D eigenvalue weighted by Gasteiger charge is 2.23. The van der Waals surface area contributed by atoms with Gasteiger partial charge in [-0.1, -0.05) is 0 Å². The molecule has 0 saturated carbocycles. The molecule has 10 heteroatoms. The van der Waals surface area contributed by atoms with E-state index in [0.717, 1.165) is 10.6 Å². The average Bonchev–Trinajstić information content (AvgIpc) is 3.16. The second-order valence-electron chi connectivity index (χ2n) is 5.86. The molecule has 1 heterocycles. The van der Waals surface area contributed by atoms with Crippen molar-refractivity contribution in [3.63, 3.8) is 0 Å². The fourth-order valence-electron chi connectivity index (χ4n) is 2.47. The topological polar surface area (TPSA) is 103 Å². The molecule has 0 atom stereocenters. The van der Waals surface area contributed by atoms with Crippen LogP contribution in [0.3, 0.4) is 0 Å². The number of anilines is 1. The predicted octanol–water partition coefficient (Wildman–Crippen LogP) is 1.12. The van der Waals surface area contributed by atoms with Crippen LogP contribution in [0, 0.1) is 0 Å². The third-order valence-electron chi connectivity index (χ3n) is 4.02. The summed E-state index contributed by atoms with van der Waals surface area (Å²) in [5, 5.41) is 2.81. The lowest BCUT2D eigenvalue weighted by molar-refractivity contribution is 0.0953. The van der Waals surface area contributed by atoms with Gasteiger partial charge in [0.15, 0.2) is 11.5 Å². The SMILES string of the molecule is COc1cc(C(=O)NCCCn2ccnc2)c(N(C)S(C)(=O)=O)cc1OC. The molecule has 1 aromatic carbocycles. The van der Waals surface area contributed by atoms with Crippen LogP contribution in [0.4, 0.5) is 5.69 Å². The number of carbonyl (C=O) groups is 1. The van der Waals surface area contributed by atoms with Crippen molar-refractivity contribution in [3.8, 4) is 11.5 Å². The van der Waals surface area contributed by atoms with Crippen molar-refractivity contribution in [1.82, 2.24) is 14.9 Å².